The molecule has 2 heterocycles. The number of esters is 1. The van der Waals surface area contributed by atoms with Crippen LogP contribution < -0.4 is 9.64 Å². The van der Waals surface area contributed by atoms with Crippen LogP contribution in [0.1, 0.15) is 29.2 Å². The van der Waals surface area contributed by atoms with Gasteiger partial charge in [0, 0.05) is 23.7 Å². The van der Waals surface area contributed by atoms with Gasteiger partial charge in [0.2, 0.25) is 0 Å². The summed E-state index contributed by atoms with van der Waals surface area (Å²) in [6.45, 7) is 3.21. The van der Waals surface area contributed by atoms with E-state index in [-0.39, 0.29) is 11.5 Å². The van der Waals surface area contributed by atoms with Crippen LogP contribution in [-0.4, -0.2) is 26.7 Å². The summed E-state index contributed by atoms with van der Waals surface area (Å²) in [5.74, 6) is 0.535. The Balaban J connectivity index is 1.79. The third kappa shape index (κ3) is 3.61. The average molecular weight is 420 g/mol. The highest BCUT2D eigenvalue weighted by molar-refractivity contribution is 7.08. The molecule has 1 aliphatic rings. The molecule has 1 aliphatic heterocycles. The Kier molecular flexibility index (Phi) is 5.64. The summed E-state index contributed by atoms with van der Waals surface area (Å²) in [5, 5.41) is 4.33. The summed E-state index contributed by atoms with van der Waals surface area (Å²) in [6.07, 6.45) is 4.18. The first kappa shape index (κ1) is 20.2. The fourth-order valence-corrected chi connectivity index (χ4v) is 4.88. The second-order valence-electron chi connectivity index (χ2n) is 7.46. The minimum atomic E-state index is -0.357. The predicted molar refractivity (Wildman–Crippen MR) is 122 cm³/mol. The number of benzene rings is 2. The molecule has 4 nitrogen and oxygen atoms in total. The molecule has 0 radical (unpaired) electrons. The van der Waals surface area contributed by atoms with Crippen LogP contribution in [0.25, 0.3) is 6.08 Å². The van der Waals surface area contributed by atoms with E-state index in [0.717, 1.165) is 24.3 Å². The van der Waals surface area contributed by atoms with Gasteiger partial charge in [-0.3, -0.25) is 0 Å². The van der Waals surface area contributed by atoms with E-state index in [0.29, 0.717) is 0 Å². The van der Waals surface area contributed by atoms with E-state index in [1.807, 2.05) is 18.2 Å². The van der Waals surface area contributed by atoms with Crippen molar-refractivity contribution >= 4 is 29.1 Å². The van der Waals surface area contributed by atoms with Crippen LogP contribution >= 0.6 is 11.3 Å². The first-order valence-corrected chi connectivity index (χ1v) is 10.8. The summed E-state index contributed by atoms with van der Waals surface area (Å²) < 4.78 is 10.1. The fourth-order valence-electron chi connectivity index (χ4n) is 4.24. The molecule has 0 saturated heterocycles. The Morgan fingerprint density at radius 3 is 2.60 bits per heavy atom. The largest absolute Gasteiger partial charge is 0.497 e. The maximum absolute atomic E-state index is 11.4. The SMILES string of the molecule is COC(=O)C=Cc1ccc(C2(C)c3ccc(OC)cc3CCN2c2ccsc2)cc1. The molecular weight excluding hydrogens is 394 g/mol. The number of hydrogen-bond acceptors (Lipinski definition) is 5. The van der Waals surface area contributed by atoms with Gasteiger partial charge in [0.05, 0.1) is 19.8 Å². The van der Waals surface area contributed by atoms with Crippen molar-refractivity contribution in [2.45, 2.75) is 18.9 Å². The lowest BCUT2D eigenvalue weighted by molar-refractivity contribution is -0.134. The van der Waals surface area contributed by atoms with E-state index in [1.54, 1.807) is 24.5 Å². The molecule has 5 heteroatoms. The number of methoxy groups -OCH3 is 2. The van der Waals surface area contributed by atoms with Crippen molar-refractivity contribution in [3.63, 3.8) is 0 Å². The highest BCUT2D eigenvalue weighted by Crippen LogP contribution is 2.44. The average Bonchev–Trinajstić information content (AvgIpc) is 3.32. The number of carbonyl (C=O) groups is 1. The Morgan fingerprint density at radius 2 is 1.93 bits per heavy atom. The van der Waals surface area contributed by atoms with Gasteiger partial charge in [0.15, 0.2) is 0 Å². The molecule has 1 aromatic heterocycles. The van der Waals surface area contributed by atoms with Gasteiger partial charge in [0.25, 0.3) is 0 Å². The molecule has 3 aromatic rings. The van der Waals surface area contributed by atoms with Gasteiger partial charge in [-0.2, -0.15) is 11.3 Å². The smallest absolute Gasteiger partial charge is 0.330 e. The standard InChI is InChI=1S/C25H25NO3S/c1-25(20-7-4-18(5-8-20)6-11-24(27)29-3)23-10-9-22(28-2)16-19(23)12-14-26(25)21-13-15-30-17-21/h4-11,13,15-17H,12,14H2,1-3H3. The number of rotatable bonds is 5. The van der Waals surface area contributed by atoms with Crippen molar-refractivity contribution in [1.29, 1.82) is 0 Å². The zero-order valence-corrected chi connectivity index (χ0v) is 18.2. The number of hydrogen-bond donors (Lipinski definition) is 0. The molecule has 2 aromatic carbocycles. The van der Waals surface area contributed by atoms with E-state index in [4.69, 9.17) is 4.74 Å². The fraction of sp³-hybridized carbons (Fsp3) is 0.240. The third-order valence-electron chi connectivity index (χ3n) is 5.89. The topological polar surface area (TPSA) is 38.8 Å². The second kappa shape index (κ2) is 8.36. The third-order valence-corrected chi connectivity index (χ3v) is 6.56. The van der Waals surface area contributed by atoms with E-state index in [9.17, 15) is 4.79 Å². The molecule has 0 saturated carbocycles. The first-order valence-electron chi connectivity index (χ1n) is 9.90. The Hall–Kier alpha value is -3.05. The van der Waals surface area contributed by atoms with Crippen molar-refractivity contribution in [3.05, 3.63) is 87.6 Å². The lowest BCUT2D eigenvalue weighted by Crippen LogP contribution is -2.49. The molecule has 0 amide bonds. The van der Waals surface area contributed by atoms with Crippen LogP contribution in [0.15, 0.2) is 65.4 Å². The van der Waals surface area contributed by atoms with Crippen LogP contribution in [0.3, 0.4) is 0 Å². The minimum Gasteiger partial charge on any atom is -0.497 e. The van der Waals surface area contributed by atoms with Gasteiger partial charge in [-0.15, -0.1) is 0 Å². The zero-order valence-electron chi connectivity index (χ0n) is 17.4. The molecule has 0 spiro atoms. The number of fused-ring (bicyclic) bond motifs is 1. The van der Waals surface area contributed by atoms with Crippen LogP contribution in [-0.2, 0) is 21.5 Å². The number of ether oxygens (including phenoxy) is 2. The first-order chi connectivity index (χ1) is 14.6. The highest BCUT2D eigenvalue weighted by Gasteiger charge is 2.40. The van der Waals surface area contributed by atoms with Crippen molar-refractivity contribution in [1.82, 2.24) is 0 Å². The minimum absolute atomic E-state index is 0.314. The Labute approximate surface area is 181 Å². The monoisotopic (exact) mass is 419 g/mol. The van der Waals surface area contributed by atoms with E-state index < -0.39 is 0 Å². The summed E-state index contributed by atoms with van der Waals surface area (Å²) in [7, 11) is 3.09. The normalized spacial score (nSPS) is 18.3. The molecule has 30 heavy (non-hydrogen) atoms. The van der Waals surface area contributed by atoms with Gasteiger partial charge in [-0.1, -0.05) is 30.3 Å². The van der Waals surface area contributed by atoms with E-state index in [2.05, 4.69) is 57.7 Å². The summed E-state index contributed by atoms with van der Waals surface area (Å²) >= 11 is 1.72. The Morgan fingerprint density at radius 1 is 1.13 bits per heavy atom. The molecule has 154 valence electrons. The zero-order chi connectivity index (χ0) is 21.1. The maximum Gasteiger partial charge on any atom is 0.330 e. The van der Waals surface area contributed by atoms with Crippen molar-refractivity contribution in [2.75, 3.05) is 25.7 Å². The van der Waals surface area contributed by atoms with Crippen molar-refractivity contribution in [2.24, 2.45) is 0 Å². The van der Waals surface area contributed by atoms with Gasteiger partial charge in [0.1, 0.15) is 5.75 Å². The predicted octanol–water partition coefficient (Wildman–Crippen LogP) is 5.27. The number of nitrogens with zero attached hydrogens (tertiary/aromatic N) is 1. The molecule has 0 fully saturated rings. The lowest BCUT2D eigenvalue weighted by atomic mass is 9.76. The molecule has 0 aliphatic carbocycles. The summed E-state index contributed by atoms with van der Waals surface area (Å²) in [6, 6.07) is 17.0. The van der Waals surface area contributed by atoms with Crippen LogP contribution in [0, 0.1) is 0 Å². The maximum atomic E-state index is 11.4. The van der Waals surface area contributed by atoms with Crippen molar-refractivity contribution < 1.29 is 14.3 Å². The molecule has 0 bridgehead atoms. The Bertz CT molecular complexity index is 1060. The van der Waals surface area contributed by atoms with Gasteiger partial charge in [-0.25, -0.2) is 4.79 Å². The number of thiophene rings is 1. The molecule has 1 unspecified atom stereocenters. The quantitative estimate of drug-likeness (QED) is 0.417. The van der Waals surface area contributed by atoms with Gasteiger partial charge < -0.3 is 14.4 Å². The lowest BCUT2D eigenvalue weighted by Gasteiger charge is -2.48. The van der Waals surface area contributed by atoms with Gasteiger partial charge >= 0.3 is 5.97 Å². The van der Waals surface area contributed by atoms with E-state index >= 15 is 0 Å². The van der Waals surface area contributed by atoms with Crippen LogP contribution in [0.5, 0.6) is 5.75 Å². The molecule has 4 rings (SSSR count). The van der Waals surface area contributed by atoms with E-state index in [1.165, 1.54) is 35.6 Å². The molecule has 1 atom stereocenters. The summed E-state index contributed by atoms with van der Waals surface area (Å²) in [5.41, 5.74) is 5.69. The van der Waals surface area contributed by atoms with Crippen molar-refractivity contribution in [3.8, 4) is 5.75 Å². The summed E-state index contributed by atoms with van der Waals surface area (Å²) in [4.78, 5) is 13.9. The van der Waals surface area contributed by atoms with Crippen LogP contribution in [0.2, 0.25) is 0 Å². The number of carbonyl (C=O) groups excluding carboxylic acids is 1. The molecular formula is C25H25NO3S. The number of anilines is 1. The van der Waals surface area contributed by atoms with Gasteiger partial charge in [-0.05, 0) is 65.3 Å². The highest BCUT2D eigenvalue weighted by atomic mass is 32.1. The molecule has 0 N–H and O–H groups in total. The second-order valence-corrected chi connectivity index (χ2v) is 8.24. The van der Waals surface area contributed by atoms with Crippen LogP contribution in [0.4, 0.5) is 5.69 Å².